The first-order chi connectivity index (χ1) is 10.6. The van der Waals surface area contributed by atoms with Crippen molar-refractivity contribution in [1.82, 2.24) is 10.2 Å². The minimum atomic E-state index is -0.567. The van der Waals surface area contributed by atoms with Gasteiger partial charge in [-0.15, -0.1) is 0 Å². The van der Waals surface area contributed by atoms with Crippen LogP contribution in [0.1, 0.15) is 27.2 Å². The van der Waals surface area contributed by atoms with Crippen molar-refractivity contribution in [3.8, 4) is 5.75 Å². The van der Waals surface area contributed by atoms with Gasteiger partial charge in [-0.05, 0) is 18.6 Å². The number of carbonyl (C=O) groups excluding carboxylic acids is 1. The van der Waals surface area contributed by atoms with Gasteiger partial charge in [0.1, 0.15) is 11.3 Å². The lowest BCUT2D eigenvalue weighted by molar-refractivity contribution is 0.0597. The number of nitrogens with zero attached hydrogens (tertiary/aromatic N) is 1. The molecular weight excluding hydrogens is 280 g/mol. The summed E-state index contributed by atoms with van der Waals surface area (Å²) in [6.45, 7) is 2.04. The summed E-state index contributed by atoms with van der Waals surface area (Å²) < 4.78 is 4.69. The molecule has 2 aromatic carbocycles. The Bertz CT molecular complexity index is 852. The molecule has 1 aromatic heterocycles. The molecule has 3 aromatic rings. The normalized spacial score (nSPS) is 10.8. The first-order valence-electron chi connectivity index (χ1n) is 6.92. The van der Waals surface area contributed by atoms with Gasteiger partial charge in [-0.3, -0.25) is 5.10 Å². The van der Waals surface area contributed by atoms with E-state index in [9.17, 15) is 9.90 Å². The number of aromatic amines is 1. The molecule has 5 heteroatoms. The van der Waals surface area contributed by atoms with E-state index in [0.29, 0.717) is 11.9 Å². The molecule has 0 bridgehead atoms. The topological polar surface area (TPSA) is 75.2 Å². The SMILES string of the molecule is COC(=O)c1cc2c(Cc3cccc(C)c3)n[nH]c2cc1O. The molecule has 0 fully saturated rings. The fourth-order valence-corrected chi connectivity index (χ4v) is 2.53. The smallest absolute Gasteiger partial charge is 0.341 e. The average Bonchev–Trinajstić information content (AvgIpc) is 2.87. The van der Waals surface area contributed by atoms with Gasteiger partial charge >= 0.3 is 5.97 Å². The minimum Gasteiger partial charge on any atom is -0.507 e. The quantitative estimate of drug-likeness (QED) is 0.729. The zero-order valence-electron chi connectivity index (χ0n) is 12.4. The third-order valence-corrected chi connectivity index (χ3v) is 3.62. The Balaban J connectivity index is 2.05. The van der Waals surface area contributed by atoms with Crippen molar-refractivity contribution in [3.05, 3.63) is 58.8 Å². The van der Waals surface area contributed by atoms with E-state index >= 15 is 0 Å². The molecule has 0 amide bonds. The molecule has 0 aliphatic carbocycles. The lowest BCUT2D eigenvalue weighted by Crippen LogP contribution is -2.01. The largest absolute Gasteiger partial charge is 0.507 e. The fourth-order valence-electron chi connectivity index (χ4n) is 2.53. The van der Waals surface area contributed by atoms with Crippen LogP contribution in [0.25, 0.3) is 10.9 Å². The zero-order valence-corrected chi connectivity index (χ0v) is 12.4. The molecule has 5 nitrogen and oxygen atoms in total. The van der Waals surface area contributed by atoms with E-state index < -0.39 is 5.97 Å². The van der Waals surface area contributed by atoms with Crippen LogP contribution in [0.2, 0.25) is 0 Å². The van der Waals surface area contributed by atoms with Crippen LogP contribution in [0.15, 0.2) is 36.4 Å². The van der Waals surface area contributed by atoms with E-state index in [1.165, 1.54) is 18.7 Å². The maximum Gasteiger partial charge on any atom is 0.341 e. The number of phenolic OH excluding ortho intramolecular Hbond substituents is 1. The molecular formula is C17H16N2O3. The van der Waals surface area contributed by atoms with Crippen LogP contribution < -0.4 is 0 Å². The Morgan fingerprint density at radius 3 is 2.86 bits per heavy atom. The summed E-state index contributed by atoms with van der Waals surface area (Å²) in [7, 11) is 1.29. The number of fused-ring (bicyclic) bond motifs is 1. The molecule has 0 unspecified atom stereocenters. The molecule has 0 spiro atoms. The van der Waals surface area contributed by atoms with Crippen molar-refractivity contribution in [2.75, 3.05) is 7.11 Å². The number of ether oxygens (including phenoxy) is 1. The molecule has 112 valence electrons. The second-order valence-corrected chi connectivity index (χ2v) is 5.24. The highest BCUT2D eigenvalue weighted by Gasteiger charge is 2.16. The van der Waals surface area contributed by atoms with Crippen molar-refractivity contribution in [1.29, 1.82) is 0 Å². The monoisotopic (exact) mass is 296 g/mol. The van der Waals surface area contributed by atoms with Crippen molar-refractivity contribution in [3.63, 3.8) is 0 Å². The standard InChI is InChI=1S/C17H16N2O3/c1-10-4-3-5-11(6-10)7-14-12-8-13(17(21)22-2)16(20)9-15(12)19-18-14/h3-6,8-9,20H,7H2,1-2H3,(H,18,19). The van der Waals surface area contributed by atoms with Crippen molar-refractivity contribution < 1.29 is 14.6 Å². The number of rotatable bonds is 3. The molecule has 1 heterocycles. The zero-order chi connectivity index (χ0) is 15.7. The van der Waals surface area contributed by atoms with Crippen molar-refractivity contribution in [2.45, 2.75) is 13.3 Å². The number of carbonyl (C=O) groups is 1. The highest BCUT2D eigenvalue weighted by atomic mass is 16.5. The van der Waals surface area contributed by atoms with Gasteiger partial charge in [0.25, 0.3) is 0 Å². The number of hydrogen-bond acceptors (Lipinski definition) is 4. The highest BCUT2D eigenvalue weighted by molar-refractivity contribution is 5.98. The lowest BCUT2D eigenvalue weighted by atomic mass is 10.0. The molecule has 0 aliphatic heterocycles. The van der Waals surface area contributed by atoms with Gasteiger partial charge in [0, 0.05) is 17.9 Å². The number of H-pyrrole nitrogens is 1. The summed E-state index contributed by atoms with van der Waals surface area (Å²) in [5.74, 6) is -0.688. The van der Waals surface area contributed by atoms with Crippen LogP contribution >= 0.6 is 0 Å². The molecule has 0 saturated carbocycles. The van der Waals surface area contributed by atoms with Crippen LogP contribution in [0, 0.1) is 6.92 Å². The molecule has 22 heavy (non-hydrogen) atoms. The summed E-state index contributed by atoms with van der Waals surface area (Å²) in [4.78, 5) is 11.7. The maximum atomic E-state index is 11.7. The van der Waals surface area contributed by atoms with Gasteiger partial charge in [-0.1, -0.05) is 29.8 Å². The predicted octanol–water partition coefficient (Wildman–Crippen LogP) is 2.95. The third kappa shape index (κ3) is 2.53. The summed E-state index contributed by atoms with van der Waals surface area (Å²) in [6.07, 6.45) is 0.646. The summed E-state index contributed by atoms with van der Waals surface area (Å²) >= 11 is 0. The predicted molar refractivity (Wildman–Crippen MR) is 83.1 cm³/mol. The second kappa shape index (κ2) is 5.52. The molecule has 2 N–H and O–H groups in total. The van der Waals surface area contributed by atoms with E-state index in [1.807, 2.05) is 25.1 Å². The molecule has 0 aliphatic rings. The van der Waals surface area contributed by atoms with E-state index in [2.05, 4.69) is 21.0 Å². The number of phenols is 1. The van der Waals surface area contributed by atoms with Crippen LogP contribution in [-0.4, -0.2) is 28.4 Å². The number of methoxy groups -OCH3 is 1. The number of nitrogens with one attached hydrogen (secondary N) is 1. The van der Waals surface area contributed by atoms with Crippen molar-refractivity contribution >= 4 is 16.9 Å². The number of aryl methyl sites for hydroxylation is 1. The molecule has 3 rings (SSSR count). The number of aromatic hydroxyl groups is 1. The Morgan fingerprint density at radius 2 is 2.14 bits per heavy atom. The Kier molecular flexibility index (Phi) is 3.55. The summed E-state index contributed by atoms with van der Waals surface area (Å²) in [6, 6.07) is 11.3. The van der Waals surface area contributed by atoms with Gasteiger partial charge in [-0.2, -0.15) is 5.10 Å². The molecule has 0 saturated heterocycles. The summed E-state index contributed by atoms with van der Waals surface area (Å²) in [5, 5.41) is 17.9. The Hall–Kier alpha value is -2.82. The first kappa shape index (κ1) is 14.1. The minimum absolute atomic E-state index is 0.120. The van der Waals surface area contributed by atoms with E-state index in [-0.39, 0.29) is 11.3 Å². The summed E-state index contributed by atoms with van der Waals surface area (Å²) in [5.41, 5.74) is 3.98. The van der Waals surface area contributed by atoms with Crippen LogP contribution in [0.5, 0.6) is 5.75 Å². The number of hydrogen-bond donors (Lipinski definition) is 2. The maximum absolute atomic E-state index is 11.7. The van der Waals surface area contributed by atoms with Gasteiger partial charge in [0.2, 0.25) is 0 Å². The van der Waals surface area contributed by atoms with Crippen LogP contribution in [0.3, 0.4) is 0 Å². The first-order valence-corrected chi connectivity index (χ1v) is 6.92. The van der Waals surface area contributed by atoms with Crippen LogP contribution in [-0.2, 0) is 11.2 Å². The fraction of sp³-hybridized carbons (Fsp3) is 0.176. The van der Waals surface area contributed by atoms with E-state index in [0.717, 1.165) is 16.6 Å². The molecule has 0 atom stereocenters. The van der Waals surface area contributed by atoms with Gasteiger partial charge in [0.15, 0.2) is 0 Å². The third-order valence-electron chi connectivity index (χ3n) is 3.62. The number of aromatic nitrogens is 2. The highest BCUT2D eigenvalue weighted by Crippen LogP contribution is 2.27. The van der Waals surface area contributed by atoms with E-state index in [1.54, 1.807) is 6.07 Å². The van der Waals surface area contributed by atoms with Gasteiger partial charge in [0.05, 0.1) is 18.3 Å². The van der Waals surface area contributed by atoms with Crippen LogP contribution in [0.4, 0.5) is 0 Å². The second-order valence-electron chi connectivity index (χ2n) is 5.24. The average molecular weight is 296 g/mol. The van der Waals surface area contributed by atoms with Gasteiger partial charge in [-0.25, -0.2) is 4.79 Å². The molecule has 0 radical (unpaired) electrons. The Morgan fingerprint density at radius 1 is 1.32 bits per heavy atom. The Labute approximate surface area is 127 Å². The number of benzene rings is 2. The lowest BCUT2D eigenvalue weighted by Gasteiger charge is -2.04. The van der Waals surface area contributed by atoms with E-state index in [4.69, 9.17) is 0 Å². The number of esters is 1. The van der Waals surface area contributed by atoms with Gasteiger partial charge < -0.3 is 9.84 Å². The van der Waals surface area contributed by atoms with Crippen molar-refractivity contribution in [2.24, 2.45) is 0 Å².